The number of benzene rings is 3. The molecule has 2 aliphatic heterocycles. The van der Waals surface area contributed by atoms with E-state index in [-0.39, 0.29) is 17.4 Å². The Labute approximate surface area is 287 Å². The third-order valence-corrected chi connectivity index (χ3v) is 11.4. The Hall–Kier alpha value is -5.35. The summed E-state index contributed by atoms with van der Waals surface area (Å²) in [5, 5.41) is 5.10. The molecule has 0 fully saturated rings. The van der Waals surface area contributed by atoms with Crippen molar-refractivity contribution in [2.75, 3.05) is 0 Å². The second-order valence-electron chi connectivity index (χ2n) is 15.5. The Morgan fingerprint density at radius 1 is 0.755 bits per heavy atom. The Balaban J connectivity index is 1.30. The zero-order valence-electron chi connectivity index (χ0n) is 28.9. The van der Waals surface area contributed by atoms with Crippen molar-refractivity contribution < 1.29 is 9.13 Å². The van der Waals surface area contributed by atoms with Crippen LogP contribution in [0.1, 0.15) is 67.1 Å². The van der Waals surface area contributed by atoms with Crippen molar-refractivity contribution in [3.05, 3.63) is 138 Å². The Morgan fingerprint density at radius 2 is 1.47 bits per heavy atom. The smallest absolute Gasteiger partial charge is 0.249 e. The highest BCUT2D eigenvalue weighted by Gasteiger charge is 2.47. The minimum Gasteiger partial charge on any atom is -0.293 e. The first-order valence-corrected chi connectivity index (χ1v) is 17.6. The first kappa shape index (κ1) is 28.6. The second-order valence-corrected chi connectivity index (χ2v) is 15.5. The summed E-state index contributed by atoms with van der Waals surface area (Å²) in [6, 6.07) is 34.3. The van der Waals surface area contributed by atoms with Crippen LogP contribution in [0.5, 0.6) is 0 Å². The van der Waals surface area contributed by atoms with Crippen LogP contribution in [0.3, 0.4) is 0 Å². The van der Waals surface area contributed by atoms with Crippen molar-refractivity contribution in [2.45, 2.75) is 64.8 Å². The lowest BCUT2D eigenvalue weighted by Crippen LogP contribution is -2.53. The summed E-state index contributed by atoms with van der Waals surface area (Å²) in [7, 11) is 0. The molecular formula is C45H40N4+2. The van der Waals surface area contributed by atoms with Gasteiger partial charge in [0.15, 0.2) is 12.4 Å². The van der Waals surface area contributed by atoms with Crippen LogP contribution in [0.2, 0.25) is 0 Å². The van der Waals surface area contributed by atoms with Gasteiger partial charge in [-0.2, -0.15) is 9.13 Å². The number of aryl methyl sites for hydroxylation is 3. The molecule has 0 saturated carbocycles. The average molecular weight is 637 g/mol. The van der Waals surface area contributed by atoms with Crippen molar-refractivity contribution in [2.24, 2.45) is 0 Å². The molecule has 0 bridgehead atoms. The van der Waals surface area contributed by atoms with E-state index >= 15 is 0 Å². The number of pyridine rings is 3. The molecule has 0 radical (unpaired) electrons. The molecule has 2 unspecified atom stereocenters. The van der Waals surface area contributed by atoms with Gasteiger partial charge in [-0.05, 0) is 92.3 Å². The van der Waals surface area contributed by atoms with Gasteiger partial charge in [-0.1, -0.05) is 57.2 Å². The minimum atomic E-state index is 0.0161. The molecule has 0 spiro atoms. The first-order valence-electron chi connectivity index (χ1n) is 17.6. The summed E-state index contributed by atoms with van der Waals surface area (Å²) >= 11 is 0. The van der Waals surface area contributed by atoms with Crippen LogP contribution in [0.15, 0.2) is 110 Å². The van der Waals surface area contributed by atoms with Crippen LogP contribution in [0.4, 0.5) is 0 Å². The quantitative estimate of drug-likeness (QED) is 0.152. The highest BCUT2D eigenvalue weighted by molar-refractivity contribution is 6.23. The largest absolute Gasteiger partial charge is 0.293 e. The van der Waals surface area contributed by atoms with Crippen LogP contribution in [0.25, 0.3) is 66.4 Å². The molecule has 0 N–H and O–H groups in total. The molecule has 8 aromatic rings. The molecule has 10 rings (SSSR count). The van der Waals surface area contributed by atoms with E-state index in [1.54, 1.807) is 0 Å². The summed E-state index contributed by atoms with van der Waals surface area (Å²) in [6.45, 7) is 16.2. The van der Waals surface area contributed by atoms with Gasteiger partial charge in [0.2, 0.25) is 23.1 Å². The van der Waals surface area contributed by atoms with Crippen LogP contribution in [-0.4, -0.2) is 9.38 Å². The number of hydrogen-bond acceptors (Lipinski definition) is 1. The molecule has 3 aromatic carbocycles. The van der Waals surface area contributed by atoms with Crippen LogP contribution >= 0.6 is 0 Å². The standard InChI is InChI=1S/C45H40N4/c1-26-16-20-40-37-23-36-35-22-29(45(4,5)6)21-34-32-13-9-10-14-41(32)49(43(34)35)44(36)46-38(37)18-17-33-30-11-7-8-12-31(30)39-19-15-27(2)25-48(39)42(33)28(3)47(40)24-26/h7-16,19-25,33,42H,3,17-18H2,1-2,4-6H3/q+2. The molecule has 238 valence electrons. The number of nitrogens with zero attached hydrogens (tertiary/aromatic N) is 4. The van der Waals surface area contributed by atoms with Crippen LogP contribution < -0.4 is 9.13 Å². The SMILES string of the molecule is C=C1C2C(CCc3nc4c(cc3-c3ccc(C)c[n+]31)c1cc(C(C)(C)C)cc3c5ccccc5n4c31)c1ccccc1-c1ccc(C)c[n+]12. The maximum Gasteiger partial charge on any atom is 0.249 e. The first-order chi connectivity index (χ1) is 23.7. The molecule has 2 atom stereocenters. The number of hydrogen-bond donors (Lipinski definition) is 0. The van der Waals surface area contributed by atoms with Crippen LogP contribution in [0, 0.1) is 13.8 Å². The Bertz CT molecular complexity index is 2700. The molecule has 4 nitrogen and oxygen atoms in total. The Morgan fingerprint density at radius 3 is 2.29 bits per heavy atom. The summed E-state index contributed by atoms with van der Waals surface area (Å²) in [4.78, 5) is 5.70. The van der Waals surface area contributed by atoms with E-state index in [0.717, 1.165) is 35.6 Å². The van der Waals surface area contributed by atoms with Crippen molar-refractivity contribution in [1.29, 1.82) is 0 Å². The van der Waals surface area contributed by atoms with Crippen molar-refractivity contribution in [3.63, 3.8) is 0 Å². The van der Waals surface area contributed by atoms with Gasteiger partial charge in [-0.15, -0.1) is 0 Å². The fraction of sp³-hybridized carbons (Fsp3) is 0.222. The molecule has 7 heterocycles. The normalized spacial score (nSPS) is 17.4. The summed E-state index contributed by atoms with van der Waals surface area (Å²) < 4.78 is 7.31. The highest BCUT2D eigenvalue weighted by atomic mass is 15.1. The van der Waals surface area contributed by atoms with E-state index in [1.807, 2.05) is 0 Å². The summed E-state index contributed by atoms with van der Waals surface area (Å²) in [5.74, 6) is 0.246. The molecule has 5 aromatic heterocycles. The monoisotopic (exact) mass is 636 g/mol. The van der Waals surface area contributed by atoms with Gasteiger partial charge in [0, 0.05) is 50.4 Å². The zero-order valence-corrected chi connectivity index (χ0v) is 28.9. The van der Waals surface area contributed by atoms with Crippen LogP contribution in [-0.2, 0) is 11.8 Å². The highest BCUT2D eigenvalue weighted by Crippen LogP contribution is 2.46. The van der Waals surface area contributed by atoms with Gasteiger partial charge < -0.3 is 0 Å². The topological polar surface area (TPSA) is 25.1 Å². The van der Waals surface area contributed by atoms with Crippen molar-refractivity contribution >= 4 is 43.9 Å². The molecule has 2 aliphatic rings. The lowest BCUT2D eigenvalue weighted by Gasteiger charge is -2.29. The van der Waals surface area contributed by atoms with Crippen molar-refractivity contribution in [3.8, 4) is 22.5 Å². The molecule has 0 aliphatic carbocycles. The van der Waals surface area contributed by atoms with E-state index in [0.29, 0.717) is 0 Å². The fourth-order valence-corrected chi connectivity index (χ4v) is 8.99. The fourth-order valence-electron chi connectivity index (χ4n) is 8.99. The van der Waals surface area contributed by atoms with Gasteiger partial charge >= 0.3 is 0 Å². The third-order valence-electron chi connectivity index (χ3n) is 11.4. The second kappa shape index (κ2) is 9.85. The predicted octanol–water partition coefficient (Wildman–Crippen LogP) is 9.81. The van der Waals surface area contributed by atoms with E-state index in [1.165, 1.54) is 71.7 Å². The third kappa shape index (κ3) is 3.95. The van der Waals surface area contributed by atoms with E-state index in [9.17, 15) is 0 Å². The summed E-state index contributed by atoms with van der Waals surface area (Å²) in [5.41, 5.74) is 16.0. The minimum absolute atomic E-state index is 0.0161. The lowest BCUT2D eigenvalue weighted by molar-refractivity contribution is -0.727. The van der Waals surface area contributed by atoms with Gasteiger partial charge in [0.05, 0.1) is 28.2 Å². The maximum absolute atomic E-state index is 5.70. The van der Waals surface area contributed by atoms with Gasteiger partial charge in [-0.3, -0.25) is 4.40 Å². The number of rotatable bonds is 0. The van der Waals surface area contributed by atoms with E-state index in [2.05, 4.69) is 152 Å². The van der Waals surface area contributed by atoms with E-state index in [4.69, 9.17) is 11.6 Å². The molecular weight excluding hydrogens is 597 g/mol. The van der Waals surface area contributed by atoms with E-state index < -0.39 is 0 Å². The number of fused-ring (bicyclic) bond motifs is 15. The van der Waals surface area contributed by atoms with Gasteiger partial charge in [0.25, 0.3) is 0 Å². The van der Waals surface area contributed by atoms with Gasteiger partial charge in [0.1, 0.15) is 5.65 Å². The average Bonchev–Trinajstić information content (AvgIpc) is 3.61. The van der Waals surface area contributed by atoms with Gasteiger partial charge in [-0.25, -0.2) is 4.98 Å². The zero-order chi connectivity index (χ0) is 33.3. The maximum atomic E-state index is 5.70. The summed E-state index contributed by atoms with van der Waals surface area (Å²) in [6.07, 6.45) is 6.44. The molecule has 0 amide bonds. The molecule has 4 heteroatoms. The predicted molar refractivity (Wildman–Crippen MR) is 200 cm³/mol. The molecule has 0 saturated heterocycles. The Kier molecular flexibility index (Phi) is 5.76. The number of para-hydroxylation sites is 1. The number of aromatic nitrogens is 4. The lowest BCUT2D eigenvalue weighted by atomic mass is 9.79. The molecule has 49 heavy (non-hydrogen) atoms. The number of allylic oxidation sites excluding steroid dienone is 1. The van der Waals surface area contributed by atoms with Crippen molar-refractivity contribution in [1.82, 2.24) is 9.38 Å².